The van der Waals surface area contributed by atoms with Crippen molar-refractivity contribution in [1.82, 2.24) is 14.8 Å². The molecule has 0 aromatic carbocycles. The van der Waals surface area contributed by atoms with E-state index in [0.29, 0.717) is 25.8 Å². The zero-order chi connectivity index (χ0) is 9.10. The molecule has 0 radical (unpaired) electrons. The summed E-state index contributed by atoms with van der Waals surface area (Å²) in [4.78, 5) is 0. The minimum Gasteiger partial charge on any atom is -0.372 e. The first-order chi connectivity index (χ1) is 6.42. The highest BCUT2D eigenvalue weighted by Gasteiger charge is 2.25. The summed E-state index contributed by atoms with van der Waals surface area (Å²) in [7, 11) is 0. The largest absolute Gasteiger partial charge is 0.372 e. The average molecular weight is 182 g/mol. The Morgan fingerprint density at radius 2 is 2.46 bits per heavy atom. The monoisotopic (exact) mass is 182 g/mol. The number of rotatable bonds is 5. The van der Waals surface area contributed by atoms with Crippen molar-refractivity contribution in [3.8, 4) is 0 Å². The molecule has 5 nitrogen and oxygen atoms in total. The van der Waals surface area contributed by atoms with Crippen molar-refractivity contribution in [2.45, 2.75) is 25.5 Å². The van der Waals surface area contributed by atoms with E-state index >= 15 is 0 Å². The zero-order valence-electron chi connectivity index (χ0n) is 7.52. The summed E-state index contributed by atoms with van der Waals surface area (Å²) in [6, 6.07) is 0.617. The fourth-order valence-corrected chi connectivity index (χ4v) is 1.27. The van der Waals surface area contributed by atoms with Crippen molar-refractivity contribution in [2.24, 2.45) is 5.73 Å². The maximum Gasteiger partial charge on any atom is 0.159 e. The molecule has 72 valence electrons. The maximum atomic E-state index is 5.31. The number of aromatic nitrogens is 3. The van der Waals surface area contributed by atoms with Gasteiger partial charge < -0.3 is 15.0 Å². The summed E-state index contributed by atoms with van der Waals surface area (Å²) in [5, 5.41) is 7.86. The number of nitrogens with zero attached hydrogens (tertiary/aromatic N) is 3. The van der Waals surface area contributed by atoms with Gasteiger partial charge in [-0.05, 0) is 12.8 Å². The van der Waals surface area contributed by atoms with Gasteiger partial charge in [0.15, 0.2) is 5.82 Å². The van der Waals surface area contributed by atoms with Crippen LogP contribution in [0.25, 0.3) is 0 Å². The number of hydrogen-bond acceptors (Lipinski definition) is 4. The molecule has 1 heterocycles. The Morgan fingerprint density at radius 1 is 1.62 bits per heavy atom. The van der Waals surface area contributed by atoms with Crippen molar-refractivity contribution in [3.63, 3.8) is 0 Å². The lowest BCUT2D eigenvalue weighted by Gasteiger charge is -2.04. The van der Waals surface area contributed by atoms with E-state index in [4.69, 9.17) is 10.5 Å². The van der Waals surface area contributed by atoms with Crippen LogP contribution in [0.4, 0.5) is 0 Å². The SMILES string of the molecule is NCCOCc1nncn1C1CC1. The van der Waals surface area contributed by atoms with Crippen molar-refractivity contribution in [3.05, 3.63) is 12.2 Å². The lowest BCUT2D eigenvalue weighted by molar-refractivity contribution is 0.119. The Bertz CT molecular complexity index is 269. The van der Waals surface area contributed by atoms with E-state index < -0.39 is 0 Å². The predicted molar refractivity (Wildman–Crippen MR) is 47.0 cm³/mol. The van der Waals surface area contributed by atoms with Crippen LogP contribution in [0, 0.1) is 0 Å². The van der Waals surface area contributed by atoms with Gasteiger partial charge in [0.1, 0.15) is 12.9 Å². The first-order valence-corrected chi connectivity index (χ1v) is 4.58. The molecule has 1 saturated carbocycles. The van der Waals surface area contributed by atoms with Gasteiger partial charge in [0.2, 0.25) is 0 Å². The quantitative estimate of drug-likeness (QED) is 0.655. The fourth-order valence-electron chi connectivity index (χ4n) is 1.27. The molecule has 1 aromatic heterocycles. The van der Waals surface area contributed by atoms with Crippen LogP contribution in [0.15, 0.2) is 6.33 Å². The highest BCUT2D eigenvalue weighted by molar-refractivity contribution is 4.93. The molecular weight excluding hydrogens is 168 g/mol. The van der Waals surface area contributed by atoms with Crippen LogP contribution >= 0.6 is 0 Å². The lowest BCUT2D eigenvalue weighted by Crippen LogP contribution is -2.10. The molecule has 0 saturated heterocycles. The summed E-state index contributed by atoms with van der Waals surface area (Å²) in [6.45, 7) is 1.66. The Labute approximate surface area is 76.9 Å². The van der Waals surface area contributed by atoms with E-state index in [9.17, 15) is 0 Å². The van der Waals surface area contributed by atoms with Crippen molar-refractivity contribution >= 4 is 0 Å². The highest BCUT2D eigenvalue weighted by Crippen LogP contribution is 2.35. The topological polar surface area (TPSA) is 66.0 Å². The lowest BCUT2D eigenvalue weighted by atomic mass is 10.5. The molecule has 1 aromatic rings. The molecule has 0 bridgehead atoms. The second kappa shape index (κ2) is 3.85. The predicted octanol–water partition coefficient (Wildman–Crippen LogP) is 0.0883. The van der Waals surface area contributed by atoms with Crippen molar-refractivity contribution < 1.29 is 4.74 Å². The molecule has 0 atom stereocenters. The minimum absolute atomic E-state index is 0.522. The van der Waals surface area contributed by atoms with E-state index in [2.05, 4.69) is 14.8 Å². The van der Waals surface area contributed by atoms with Gasteiger partial charge in [-0.2, -0.15) is 0 Å². The van der Waals surface area contributed by atoms with Gasteiger partial charge in [-0.25, -0.2) is 0 Å². The number of nitrogens with two attached hydrogens (primary N) is 1. The van der Waals surface area contributed by atoms with E-state index in [1.165, 1.54) is 12.8 Å². The first-order valence-electron chi connectivity index (χ1n) is 4.58. The van der Waals surface area contributed by atoms with Gasteiger partial charge in [-0.3, -0.25) is 0 Å². The highest BCUT2D eigenvalue weighted by atomic mass is 16.5. The normalized spacial score (nSPS) is 16.4. The second-order valence-electron chi connectivity index (χ2n) is 3.23. The van der Waals surface area contributed by atoms with Gasteiger partial charge in [0, 0.05) is 12.6 Å². The average Bonchev–Trinajstić information content (AvgIpc) is 2.88. The molecule has 13 heavy (non-hydrogen) atoms. The standard InChI is InChI=1S/C8H14N4O/c9-3-4-13-5-8-11-10-6-12(8)7-1-2-7/h6-7H,1-5,9H2. The van der Waals surface area contributed by atoms with Crippen molar-refractivity contribution in [2.75, 3.05) is 13.2 Å². The fraction of sp³-hybridized carbons (Fsp3) is 0.750. The van der Waals surface area contributed by atoms with Crippen LogP contribution in [0.3, 0.4) is 0 Å². The van der Waals surface area contributed by atoms with E-state index in [-0.39, 0.29) is 0 Å². The minimum atomic E-state index is 0.522. The maximum absolute atomic E-state index is 5.31. The molecule has 5 heteroatoms. The summed E-state index contributed by atoms with van der Waals surface area (Å²) in [6.07, 6.45) is 4.25. The van der Waals surface area contributed by atoms with Gasteiger partial charge in [-0.15, -0.1) is 10.2 Å². The summed E-state index contributed by atoms with van der Waals surface area (Å²) in [5.41, 5.74) is 5.31. The van der Waals surface area contributed by atoms with Crippen LogP contribution in [-0.4, -0.2) is 27.9 Å². The Balaban J connectivity index is 1.90. The molecule has 1 aliphatic carbocycles. The third-order valence-electron chi connectivity index (χ3n) is 2.08. The van der Waals surface area contributed by atoms with Gasteiger partial charge in [-0.1, -0.05) is 0 Å². The van der Waals surface area contributed by atoms with Crippen LogP contribution in [-0.2, 0) is 11.3 Å². The molecule has 2 rings (SSSR count). The van der Waals surface area contributed by atoms with Crippen LogP contribution in [0.2, 0.25) is 0 Å². The molecule has 0 amide bonds. The third kappa shape index (κ3) is 2.05. The van der Waals surface area contributed by atoms with E-state index in [1.54, 1.807) is 6.33 Å². The van der Waals surface area contributed by atoms with Crippen molar-refractivity contribution in [1.29, 1.82) is 0 Å². The van der Waals surface area contributed by atoms with Gasteiger partial charge >= 0.3 is 0 Å². The van der Waals surface area contributed by atoms with Gasteiger partial charge in [0.05, 0.1) is 6.61 Å². The molecule has 0 unspecified atom stereocenters. The van der Waals surface area contributed by atoms with Crippen LogP contribution in [0.1, 0.15) is 24.7 Å². The summed E-state index contributed by atoms with van der Waals surface area (Å²) in [5.74, 6) is 0.913. The second-order valence-corrected chi connectivity index (χ2v) is 3.23. The number of hydrogen-bond donors (Lipinski definition) is 1. The summed E-state index contributed by atoms with van der Waals surface area (Å²) >= 11 is 0. The van der Waals surface area contributed by atoms with E-state index in [0.717, 1.165) is 5.82 Å². The molecule has 0 aliphatic heterocycles. The zero-order valence-corrected chi connectivity index (χ0v) is 7.52. The Morgan fingerprint density at radius 3 is 3.15 bits per heavy atom. The van der Waals surface area contributed by atoms with Gasteiger partial charge in [0.25, 0.3) is 0 Å². The molecular formula is C8H14N4O. The smallest absolute Gasteiger partial charge is 0.159 e. The Kier molecular flexibility index (Phi) is 2.56. The first kappa shape index (κ1) is 8.65. The molecule has 2 N–H and O–H groups in total. The van der Waals surface area contributed by atoms with E-state index in [1.807, 2.05) is 0 Å². The summed E-state index contributed by atoms with van der Waals surface area (Å²) < 4.78 is 7.39. The molecule has 1 aliphatic rings. The van der Waals surface area contributed by atoms with Crippen LogP contribution < -0.4 is 5.73 Å². The third-order valence-corrected chi connectivity index (χ3v) is 2.08. The molecule has 1 fully saturated rings. The van der Waals surface area contributed by atoms with Crippen LogP contribution in [0.5, 0.6) is 0 Å². The Hall–Kier alpha value is -0.940. The number of ether oxygens (including phenoxy) is 1. The molecule has 0 spiro atoms.